The quantitative estimate of drug-likeness (QED) is 0.494. The van der Waals surface area contributed by atoms with E-state index >= 15 is 0 Å². The van der Waals surface area contributed by atoms with Crippen LogP contribution < -0.4 is 0 Å². The van der Waals surface area contributed by atoms with Crippen LogP contribution in [0.1, 0.15) is 5.56 Å². The molecule has 0 aliphatic rings. The molecule has 0 unspecified atom stereocenters. The maximum atomic E-state index is 8.36. The summed E-state index contributed by atoms with van der Waals surface area (Å²) in [5.41, 5.74) is 1.26. The molecule has 0 radical (unpaired) electrons. The molecule has 12 heavy (non-hydrogen) atoms. The molecule has 1 aromatic rings. The first-order chi connectivity index (χ1) is 5.85. The van der Waals surface area contributed by atoms with Crippen LogP contribution in [0.25, 0.3) is 6.08 Å². The van der Waals surface area contributed by atoms with Crippen molar-refractivity contribution in [3.8, 4) is 0 Å². The normalized spacial score (nSPS) is 8.83. The van der Waals surface area contributed by atoms with Crippen LogP contribution in [0.3, 0.4) is 0 Å². The van der Waals surface area contributed by atoms with E-state index in [0.717, 1.165) is 0 Å². The van der Waals surface area contributed by atoms with E-state index in [1.165, 1.54) is 5.56 Å². The Hall–Kier alpha value is -0.973. The van der Waals surface area contributed by atoms with Crippen molar-refractivity contribution in [1.82, 2.24) is 0 Å². The number of hydrogen-bond acceptors (Lipinski definition) is 1. The monoisotopic (exact) mass is 156 g/mol. The van der Waals surface area contributed by atoms with Crippen LogP contribution in [0.15, 0.2) is 35.1 Å². The minimum atomic E-state index is -0.250. The fraction of sp³-hybridized carbons (Fsp3) is 0. The van der Waals surface area contributed by atoms with Gasteiger partial charge in [-0.15, -0.1) is 0 Å². The molecule has 1 rings (SSSR count). The van der Waals surface area contributed by atoms with Gasteiger partial charge in [-0.05, 0) is 0 Å². The van der Waals surface area contributed by atoms with Gasteiger partial charge in [0.25, 0.3) is 6.47 Å². The summed E-state index contributed by atoms with van der Waals surface area (Å²) in [7, 11) is 0. The van der Waals surface area contributed by atoms with Gasteiger partial charge in [0.2, 0.25) is 0 Å². The number of carboxylic acid groups (broad SMARTS) is 1. The van der Waals surface area contributed by atoms with Gasteiger partial charge in [-0.1, -0.05) is 0 Å². The standard InChI is InChI=1S/C8H7.CH2O2.Li/c1-2-8-6-4-3-5-7-8;2-1-3;/h1-7H;1H,(H,2,3);. The first-order valence-electron chi connectivity index (χ1n) is 3.60. The van der Waals surface area contributed by atoms with Gasteiger partial charge in [-0.2, -0.15) is 0 Å². The third-order valence-corrected chi connectivity index (χ3v) is 1.16. The first-order valence-corrected chi connectivity index (χ1v) is 3.60. The average molecular weight is 156 g/mol. The summed E-state index contributed by atoms with van der Waals surface area (Å²) >= 11 is 2.02. The van der Waals surface area contributed by atoms with Crippen LogP contribution in [0, 0.1) is 0 Å². The van der Waals surface area contributed by atoms with Gasteiger partial charge in [-0.3, -0.25) is 4.79 Å². The van der Waals surface area contributed by atoms with Crippen LogP contribution >= 0.6 is 0 Å². The Morgan fingerprint density at radius 1 is 1.25 bits per heavy atom. The second-order valence-electron chi connectivity index (χ2n) is 2.02. The summed E-state index contributed by atoms with van der Waals surface area (Å²) in [6.07, 6.45) is 2.08. The molecular formula is C9H9LiO2. The van der Waals surface area contributed by atoms with E-state index in [1.807, 2.05) is 40.7 Å². The summed E-state index contributed by atoms with van der Waals surface area (Å²) in [6, 6.07) is 10.3. The predicted octanol–water partition coefficient (Wildman–Crippen LogP) is 1.53. The van der Waals surface area contributed by atoms with E-state index < -0.39 is 0 Å². The molecule has 0 saturated heterocycles. The van der Waals surface area contributed by atoms with Gasteiger partial charge in [0.15, 0.2) is 0 Å². The van der Waals surface area contributed by atoms with Crippen LogP contribution in [-0.4, -0.2) is 29.3 Å². The second-order valence-corrected chi connectivity index (χ2v) is 2.02. The summed E-state index contributed by atoms with van der Waals surface area (Å²) in [6.45, 7) is -0.250. The molecular weight excluding hydrogens is 147 g/mol. The van der Waals surface area contributed by atoms with Crippen molar-refractivity contribution >= 4 is 30.3 Å². The summed E-state index contributed by atoms with van der Waals surface area (Å²) in [5, 5.41) is 6.89. The Balaban J connectivity index is 0.000000354. The van der Waals surface area contributed by atoms with Gasteiger partial charge < -0.3 is 5.11 Å². The molecule has 58 valence electrons. The molecule has 2 nitrogen and oxygen atoms in total. The Morgan fingerprint density at radius 3 is 2.17 bits per heavy atom. The van der Waals surface area contributed by atoms with Crippen molar-refractivity contribution < 1.29 is 9.90 Å². The molecule has 1 N–H and O–H groups in total. The van der Waals surface area contributed by atoms with E-state index in [2.05, 4.69) is 18.2 Å². The number of benzene rings is 1. The zero-order valence-electron chi connectivity index (χ0n) is 6.97. The molecule has 0 aliphatic carbocycles. The summed E-state index contributed by atoms with van der Waals surface area (Å²) < 4.78 is 2.04. The van der Waals surface area contributed by atoms with Crippen molar-refractivity contribution in [3.63, 3.8) is 0 Å². The average Bonchev–Trinajstić information content (AvgIpc) is 2.08. The Kier molecular flexibility index (Phi) is 7.47. The van der Waals surface area contributed by atoms with E-state index in [4.69, 9.17) is 9.90 Å². The zero-order valence-corrected chi connectivity index (χ0v) is 6.97. The zero-order chi connectivity index (χ0) is 9.23. The van der Waals surface area contributed by atoms with E-state index in [9.17, 15) is 0 Å². The molecule has 0 atom stereocenters. The molecule has 0 bridgehead atoms. The van der Waals surface area contributed by atoms with Crippen LogP contribution in [-0.2, 0) is 4.79 Å². The Bertz CT molecular complexity index is 232. The van der Waals surface area contributed by atoms with Crippen molar-refractivity contribution in [2.45, 2.75) is 0 Å². The van der Waals surface area contributed by atoms with Gasteiger partial charge in [-0.25, -0.2) is 0 Å². The van der Waals surface area contributed by atoms with Crippen molar-refractivity contribution in [1.29, 1.82) is 0 Å². The Labute approximate surface area is 81.1 Å². The molecule has 0 saturated carbocycles. The van der Waals surface area contributed by atoms with Gasteiger partial charge in [0.1, 0.15) is 0 Å². The van der Waals surface area contributed by atoms with Crippen molar-refractivity contribution in [2.24, 2.45) is 0 Å². The first kappa shape index (κ1) is 11.0. The summed E-state index contributed by atoms with van der Waals surface area (Å²) in [5.74, 6) is 0. The third kappa shape index (κ3) is 5.79. The molecule has 0 heterocycles. The molecule has 0 fully saturated rings. The molecule has 1 aromatic carbocycles. The van der Waals surface area contributed by atoms with Crippen LogP contribution in [0.2, 0.25) is 0 Å². The maximum absolute atomic E-state index is 8.36. The topological polar surface area (TPSA) is 37.3 Å². The molecule has 0 aliphatic heterocycles. The van der Waals surface area contributed by atoms with Crippen LogP contribution in [0.4, 0.5) is 0 Å². The van der Waals surface area contributed by atoms with Gasteiger partial charge >= 0.3 is 64.4 Å². The summed E-state index contributed by atoms with van der Waals surface area (Å²) in [4.78, 5) is 8.36. The SMILES string of the molecule is O=CO.[Li][CH]=Cc1ccccc1. The fourth-order valence-electron chi connectivity index (χ4n) is 0.757. The van der Waals surface area contributed by atoms with E-state index in [-0.39, 0.29) is 6.47 Å². The number of rotatable bonds is 1. The van der Waals surface area contributed by atoms with Crippen molar-refractivity contribution in [2.75, 3.05) is 0 Å². The van der Waals surface area contributed by atoms with Crippen LogP contribution in [0.5, 0.6) is 0 Å². The number of hydrogen-bond donors (Lipinski definition) is 1. The second kappa shape index (κ2) is 8.13. The molecule has 0 spiro atoms. The van der Waals surface area contributed by atoms with Gasteiger partial charge in [0.05, 0.1) is 0 Å². The molecule has 0 amide bonds. The van der Waals surface area contributed by atoms with Gasteiger partial charge in [0, 0.05) is 0 Å². The predicted molar refractivity (Wildman–Crippen MR) is 49.9 cm³/mol. The molecule has 0 aromatic heterocycles. The van der Waals surface area contributed by atoms with E-state index in [0.29, 0.717) is 0 Å². The minimum absolute atomic E-state index is 0.250. The molecule has 3 heteroatoms. The third-order valence-electron chi connectivity index (χ3n) is 1.16. The van der Waals surface area contributed by atoms with E-state index in [1.54, 1.807) is 0 Å². The fourth-order valence-corrected chi connectivity index (χ4v) is 0.757. The number of carbonyl (C=O) groups is 1. The van der Waals surface area contributed by atoms with Crippen molar-refractivity contribution in [3.05, 3.63) is 40.6 Å². The Morgan fingerprint density at radius 2 is 1.75 bits per heavy atom.